The Bertz CT molecular complexity index is 443. The molecule has 0 aromatic heterocycles. The van der Waals surface area contributed by atoms with Gasteiger partial charge in [-0.05, 0) is 37.1 Å². The molecule has 0 saturated heterocycles. The Morgan fingerprint density at radius 3 is 3.11 bits per heavy atom. The molecule has 1 aliphatic rings. The molecule has 1 aliphatic heterocycles. The highest BCUT2D eigenvalue weighted by Gasteiger charge is 2.10. The number of amides is 1. The molecule has 0 fully saturated rings. The van der Waals surface area contributed by atoms with Gasteiger partial charge in [0.25, 0.3) is 5.91 Å². The molecule has 0 aliphatic carbocycles. The van der Waals surface area contributed by atoms with E-state index < -0.39 is 0 Å². The van der Waals surface area contributed by atoms with Crippen LogP contribution in [-0.4, -0.2) is 25.6 Å². The number of anilines is 1. The van der Waals surface area contributed by atoms with Crippen LogP contribution >= 0.6 is 0 Å². The first-order chi connectivity index (χ1) is 8.79. The maximum absolute atomic E-state index is 11.5. The van der Waals surface area contributed by atoms with Gasteiger partial charge in [-0.25, -0.2) is 0 Å². The van der Waals surface area contributed by atoms with Gasteiger partial charge in [0, 0.05) is 18.3 Å². The zero-order chi connectivity index (χ0) is 12.8. The Balaban J connectivity index is 1.92. The van der Waals surface area contributed by atoms with Crippen LogP contribution in [0.15, 0.2) is 36.6 Å². The van der Waals surface area contributed by atoms with E-state index in [9.17, 15) is 4.79 Å². The van der Waals surface area contributed by atoms with Gasteiger partial charge in [-0.2, -0.15) is 0 Å². The fourth-order valence-corrected chi connectivity index (χ4v) is 1.88. The molecule has 1 amide bonds. The van der Waals surface area contributed by atoms with Gasteiger partial charge in [0.15, 0.2) is 0 Å². The monoisotopic (exact) mass is 246 g/mol. The van der Waals surface area contributed by atoms with Crippen molar-refractivity contribution in [3.63, 3.8) is 0 Å². The second-order valence-electron chi connectivity index (χ2n) is 4.25. The van der Waals surface area contributed by atoms with Crippen LogP contribution in [0, 0.1) is 0 Å². The highest BCUT2D eigenvalue weighted by Crippen LogP contribution is 2.14. The molecular formula is C14H18N2O2. The minimum atomic E-state index is -0.0736. The summed E-state index contributed by atoms with van der Waals surface area (Å²) in [5.74, 6) is -0.0736. The normalized spacial score (nSPS) is 17.9. The predicted molar refractivity (Wildman–Crippen MR) is 71.6 cm³/mol. The maximum Gasteiger partial charge on any atom is 0.251 e. The van der Waals surface area contributed by atoms with Crippen molar-refractivity contribution in [2.75, 3.05) is 18.9 Å². The van der Waals surface area contributed by atoms with Crippen molar-refractivity contribution in [3.8, 4) is 0 Å². The van der Waals surface area contributed by atoms with Crippen LogP contribution in [0.4, 0.5) is 5.69 Å². The molecule has 4 nitrogen and oxygen atoms in total. The zero-order valence-electron chi connectivity index (χ0n) is 10.5. The largest absolute Gasteiger partial charge is 0.497 e. The van der Waals surface area contributed by atoms with E-state index in [0.29, 0.717) is 5.56 Å². The predicted octanol–water partition coefficient (Wildman–Crippen LogP) is 2.15. The van der Waals surface area contributed by atoms with Crippen molar-refractivity contribution in [2.24, 2.45) is 0 Å². The van der Waals surface area contributed by atoms with E-state index in [1.54, 1.807) is 19.4 Å². The van der Waals surface area contributed by atoms with E-state index in [-0.39, 0.29) is 12.0 Å². The van der Waals surface area contributed by atoms with Crippen LogP contribution in [0.5, 0.6) is 0 Å². The lowest BCUT2D eigenvalue weighted by Crippen LogP contribution is -2.23. The lowest BCUT2D eigenvalue weighted by Gasteiger charge is -2.20. The van der Waals surface area contributed by atoms with Gasteiger partial charge in [0.05, 0.1) is 12.8 Å². The van der Waals surface area contributed by atoms with Crippen molar-refractivity contribution < 1.29 is 9.53 Å². The molecule has 1 unspecified atom stereocenters. The summed E-state index contributed by atoms with van der Waals surface area (Å²) in [5.41, 5.74) is 1.60. The molecule has 4 heteroatoms. The van der Waals surface area contributed by atoms with Gasteiger partial charge in [0.1, 0.15) is 6.10 Å². The summed E-state index contributed by atoms with van der Waals surface area (Å²) >= 11 is 0. The second-order valence-corrected chi connectivity index (χ2v) is 4.25. The molecule has 18 heavy (non-hydrogen) atoms. The Morgan fingerprint density at radius 2 is 2.39 bits per heavy atom. The van der Waals surface area contributed by atoms with E-state index >= 15 is 0 Å². The van der Waals surface area contributed by atoms with Gasteiger partial charge in [0.2, 0.25) is 0 Å². The standard InChI is InChI=1S/C14H18N2O2/c1-15-14(17)11-5-4-6-12(9-11)16-10-13-7-2-3-8-18-13/h3-6,8-9,13,16H,2,7,10H2,1H3,(H,15,17). The molecule has 0 radical (unpaired) electrons. The van der Waals surface area contributed by atoms with Gasteiger partial charge in [-0.15, -0.1) is 0 Å². The third-order valence-corrected chi connectivity index (χ3v) is 2.91. The average molecular weight is 246 g/mol. The molecule has 1 heterocycles. The highest BCUT2D eigenvalue weighted by atomic mass is 16.5. The van der Waals surface area contributed by atoms with E-state index in [1.165, 1.54) is 0 Å². The second kappa shape index (κ2) is 6.10. The first kappa shape index (κ1) is 12.5. The average Bonchev–Trinajstić information content (AvgIpc) is 2.45. The molecule has 0 saturated carbocycles. The third kappa shape index (κ3) is 3.26. The number of carbonyl (C=O) groups excluding carboxylic acids is 1. The topological polar surface area (TPSA) is 50.4 Å². The van der Waals surface area contributed by atoms with Crippen LogP contribution in [0.25, 0.3) is 0 Å². The molecule has 2 rings (SSSR count). The minimum Gasteiger partial charge on any atom is -0.497 e. The number of allylic oxidation sites excluding steroid dienone is 1. The fraction of sp³-hybridized carbons (Fsp3) is 0.357. The summed E-state index contributed by atoms with van der Waals surface area (Å²) in [6.07, 6.45) is 6.08. The minimum absolute atomic E-state index is 0.0736. The molecular weight excluding hydrogens is 228 g/mol. The van der Waals surface area contributed by atoms with E-state index in [2.05, 4.69) is 10.6 Å². The first-order valence-corrected chi connectivity index (χ1v) is 6.16. The van der Waals surface area contributed by atoms with Gasteiger partial charge in [-0.3, -0.25) is 4.79 Å². The lowest BCUT2D eigenvalue weighted by molar-refractivity contribution is 0.0963. The number of ether oxygens (including phenoxy) is 1. The number of rotatable bonds is 4. The number of hydrogen-bond donors (Lipinski definition) is 2. The quantitative estimate of drug-likeness (QED) is 0.856. The number of nitrogens with one attached hydrogen (secondary N) is 2. The van der Waals surface area contributed by atoms with Crippen molar-refractivity contribution >= 4 is 11.6 Å². The van der Waals surface area contributed by atoms with Gasteiger partial charge >= 0.3 is 0 Å². The number of carbonyl (C=O) groups is 1. The van der Waals surface area contributed by atoms with Crippen molar-refractivity contribution in [1.29, 1.82) is 0 Å². The van der Waals surface area contributed by atoms with Crippen LogP contribution in [-0.2, 0) is 4.74 Å². The van der Waals surface area contributed by atoms with Crippen LogP contribution in [0.1, 0.15) is 23.2 Å². The van der Waals surface area contributed by atoms with E-state index in [4.69, 9.17) is 4.74 Å². The Labute approximate surface area is 107 Å². The summed E-state index contributed by atoms with van der Waals surface area (Å²) in [7, 11) is 1.63. The summed E-state index contributed by atoms with van der Waals surface area (Å²) in [4.78, 5) is 11.5. The smallest absolute Gasteiger partial charge is 0.251 e. The van der Waals surface area contributed by atoms with Gasteiger partial charge in [-0.1, -0.05) is 6.07 Å². The molecule has 0 spiro atoms. The molecule has 96 valence electrons. The molecule has 1 atom stereocenters. The van der Waals surface area contributed by atoms with Crippen molar-refractivity contribution in [2.45, 2.75) is 18.9 Å². The Morgan fingerprint density at radius 1 is 1.50 bits per heavy atom. The van der Waals surface area contributed by atoms with Crippen LogP contribution in [0.3, 0.4) is 0 Å². The Hall–Kier alpha value is -1.97. The summed E-state index contributed by atoms with van der Waals surface area (Å²) in [5, 5.41) is 5.91. The molecule has 1 aromatic carbocycles. The number of benzene rings is 1. The summed E-state index contributed by atoms with van der Waals surface area (Å²) < 4.78 is 5.48. The molecule has 1 aromatic rings. The molecule has 2 N–H and O–H groups in total. The Kier molecular flexibility index (Phi) is 4.23. The van der Waals surface area contributed by atoms with Crippen LogP contribution in [0.2, 0.25) is 0 Å². The summed E-state index contributed by atoms with van der Waals surface area (Å²) in [6, 6.07) is 7.46. The third-order valence-electron chi connectivity index (χ3n) is 2.91. The lowest BCUT2D eigenvalue weighted by atomic mass is 10.1. The fourth-order valence-electron chi connectivity index (χ4n) is 1.88. The van der Waals surface area contributed by atoms with Crippen LogP contribution < -0.4 is 10.6 Å². The summed E-state index contributed by atoms with van der Waals surface area (Å²) in [6.45, 7) is 0.752. The van der Waals surface area contributed by atoms with Crippen molar-refractivity contribution in [3.05, 3.63) is 42.2 Å². The zero-order valence-corrected chi connectivity index (χ0v) is 10.5. The van der Waals surface area contributed by atoms with Crippen molar-refractivity contribution in [1.82, 2.24) is 5.32 Å². The van der Waals surface area contributed by atoms with Gasteiger partial charge < -0.3 is 15.4 Å². The molecule has 0 bridgehead atoms. The maximum atomic E-state index is 11.5. The van der Waals surface area contributed by atoms with E-state index in [1.807, 2.05) is 24.3 Å². The number of hydrogen-bond acceptors (Lipinski definition) is 3. The van der Waals surface area contributed by atoms with E-state index in [0.717, 1.165) is 25.1 Å². The highest BCUT2D eigenvalue weighted by molar-refractivity contribution is 5.94. The first-order valence-electron chi connectivity index (χ1n) is 6.16. The SMILES string of the molecule is CNC(=O)c1cccc(NCC2CCC=CO2)c1.